The van der Waals surface area contributed by atoms with Gasteiger partial charge in [-0.2, -0.15) is 5.26 Å². The summed E-state index contributed by atoms with van der Waals surface area (Å²) in [7, 11) is 0. The number of halogens is 1. The second-order valence-corrected chi connectivity index (χ2v) is 8.69. The second kappa shape index (κ2) is 9.36. The number of nitrogens with one attached hydrogen (secondary N) is 1. The molecule has 2 aromatic carbocycles. The van der Waals surface area contributed by atoms with Crippen molar-refractivity contribution in [1.82, 2.24) is 14.9 Å². The molecular weight excluding hydrogens is 411 g/mol. The number of rotatable bonds is 7. The number of thioether (sulfide) groups is 1. The zero-order valence-corrected chi connectivity index (χ0v) is 17.9. The van der Waals surface area contributed by atoms with Gasteiger partial charge in [-0.25, -0.2) is 9.37 Å². The Bertz CT molecular complexity index is 1080. The van der Waals surface area contributed by atoms with Crippen molar-refractivity contribution in [2.45, 2.75) is 42.9 Å². The summed E-state index contributed by atoms with van der Waals surface area (Å²) in [5.74, 6) is -0.272. The minimum absolute atomic E-state index is 0.161. The molecule has 4 rings (SSSR count). The Morgan fingerprint density at radius 1 is 1.16 bits per heavy atom. The van der Waals surface area contributed by atoms with E-state index in [4.69, 9.17) is 0 Å². The van der Waals surface area contributed by atoms with Gasteiger partial charge in [0.15, 0.2) is 5.16 Å². The van der Waals surface area contributed by atoms with Crippen LogP contribution in [0, 0.1) is 17.1 Å². The van der Waals surface area contributed by atoms with E-state index in [1.165, 1.54) is 23.9 Å². The highest BCUT2D eigenvalue weighted by atomic mass is 32.2. The summed E-state index contributed by atoms with van der Waals surface area (Å²) >= 11 is 1.34. The summed E-state index contributed by atoms with van der Waals surface area (Å²) in [6.07, 6.45) is 5.09. The Balaban J connectivity index is 1.54. The largest absolute Gasteiger partial charge is 0.337 e. The molecule has 1 amide bonds. The summed E-state index contributed by atoms with van der Waals surface area (Å²) < 4.78 is 15.4. The van der Waals surface area contributed by atoms with Gasteiger partial charge in [0.25, 0.3) is 0 Å². The lowest BCUT2D eigenvalue weighted by molar-refractivity contribution is -0.119. The number of carbonyl (C=O) groups is 1. The van der Waals surface area contributed by atoms with Crippen LogP contribution in [-0.4, -0.2) is 26.8 Å². The van der Waals surface area contributed by atoms with E-state index >= 15 is 0 Å². The number of benzene rings is 2. The summed E-state index contributed by atoms with van der Waals surface area (Å²) in [4.78, 5) is 17.1. The van der Waals surface area contributed by atoms with E-state index in [-0.39, 0.29) is 17.5 Å². The van der Waals surface area contributed by atoms with Crippen LogP contribution in [0.25, 0.3) is 11.3 Å². The van der Waals surface area contributed by atoms with Crippen molar-refractivity contribution >= 4 is 17.7 Å². The molecule has 1 aliphatic carbocycles. The lowest BCUT2D eigenvalue weighted by Gasteiger charge is -2.21. The van der Waals surface area contributed by atoms with E-state index in [9.17, 15) is 14.4 Å². The number of imidazole rings is 1. The maximum Gasteiger partial charge on any atom is 0.231 e. The SMILES string of the molecule is N#CC1(NC(=O)CSc2ncc(-c3ccc(F)cc3)n2Cc2ccccc2)CCCC1. The Labute approximate surface area is 185 Å². The topological polar surface area (TPSA) is 70.7 Å². The van der Waals surface area contributed by atoms with Crippen LogP contribution in [0.1, 0.15) is 31.2 Å². The van der Waals surface area contributed by atoms with Crippen molar-refractivity contribution in [1.29, 1.82) is 5.26 Å². The first-order chi connectivity index (χ1) is 15.1. The highest BCUT2D eigenvalue weighted by Gasteiger charge is 2.35. The maximum absolute atomic E-state index is 13.4. The van der Waals surface area contributed by atoms with Crippen molar-refractivity contribution in [2.24, 2.45) is 0 Å². The average molecular weight is 435 g/mol. The Kier molecular flexibility index (Phi) is 6.38. The number of hydrogen-bond donors (Lipinski definition) is 1. The van der Waals surface area contributed by atoms with Crippen LogP contribution >= 0.6 is 11.8 Å². The normalized spacial score (nSPS) is 14.8. The van der Waals surface area contributed by atoms with E-state index in [2.05, 4.69) is 16.4 Å². The molecule has 0 unspecified atom stereocenters. The van der Waals surface area contributed by atoms with Gasteiger partial charge in [-0.3, -0.25) is 4.79 Å². The Hall–Kier alpha value is -3.11. The van der Waals surface area contributed by atoms with Gasteiger partial charge in [0.1, 0.15) is 11.4 Å². The molecule has 7 heteroatoms. The fourth-order valence-corrected chi connectivity index (χ4v) is 4.70. The molecule has 0 bridgehead atoms. The molecule has 0 aliphatic heterocycles. The van der Waals surface area contributed by atoms with Crippen molar-refractivity contribution < 1.29 is 9.18 Å². The minimum atomic E-state index is -0.726. The van der Waals surface area contributed by atoms with Crippen molar-refractivity contribution in [3.63, 3.8) is 0 Å². The van der Waals surface area contributed by atoms with Gasteiger partial charge in [0.2, 0.25) is 5.91 Å². The molecular formula is C24H23FN4OS. The number of aromatic nitrogens is 2. The molecule has 1 fully saturated rings. The third-order valence-corrected chi connectivity index (χ3v) is 6.52. The molecule has 158 valence electrons. The van der Waals surface area contributed by atoms with Crippen LogP contribution in [0.3, 0.4) is 0 Å². The first-order valence-electron chi connectivity index (χ1n) is 10.3. The zero-order valence-electron chi connectivity index (χ0n) is 17.1. The molecule has 1 aromatic heterocycles. The summed E-state index contributed by atoms with van der Waals surface area (Å²) in [5, 5.41) is 13.1. The molecule has 5 nitrogen and oxygen atoms in total. The minimum Gasteiger partial charge on any atom is -0.337 e. The summed E-state index contributed by atoms with van der Waals surface area (Å²) in [6, 6.07) is 18.6. The monoisotopic (exact) mass is 434 g/mol. The van der Waals surface area contributed by atoms with Crippen LogP contribution in [0.2, 0.25) is 0 Å². The molecule has 1 aliphatic rings. The number of hydrogen-bond acceptors (Lipinski definition) is 4. The van der Waals surface area contributed by atoms with Crippen LogP contribution < -0.4 is 5.32 Å². The third-order valence-electron chi connectivity index (χ3n) is 5.52. The van der Waals surface area contributed by atoms with Crippen molar-refractivity contribution in [3.8, 4) is 17.3 Å². The molecule has 1 N–H and O–H groups in total. The van der Waals surface area contributed by atoms with Crippen LogP contribution in [-0.2, 0) is 11.3 Å². The molecule has 1 saturated carbocycles. The van der Waals surface area contributed by atoms with E-state index in [1.807, 2.05) is 34.9 Å². The molecule has 3 aromatic rings. The summed E-state index contributed by atoms with van der Waals surface area (Å²) in [5.41, 5.74) is 2.09. The van der Waals surface area contributed by atoms with Crippen LogP contribution in [0.4, 0.5) is 4.39 Å². The highest BCUT2D eigenvalue weighted by Crippen LogP contribution is 2.30. The Morgan fingerprint density at radius 2 is 1.87 bits per heavy atom. The fourth-order valence-electron chi connectivity index (χ4n) is 3.92. The zero-order chi connectivity index (χ0) is 21.7. The van der Waals surface area contributed by atoms with Crippen molar-refractivity contribution in [3.05, 3.63) is 72.2 Å². The van der Waals surface area contributed by atoms with Crippen LogP contribution in [0.15, 0.2) is 66.0 Å². The lowest BCUT2D eigenvalue weighted by Crippen LogP contribution is -2.45. The first-order valence-corrected chi connectivity index (χ1v) is 11.3. The lowest BCUT2D eigenvalue weighted by atomic mass is 10.0. The van der Waals surface area contributed by atoms with Crippen LogP contribution in [0.5, 0.6) is 0 Å². The first kappa shape index (κ1) is 21.1. The predicted molar refractivity (Wildman–Crippen MR) is 119 cm³/mol. The highest BCUT2D eigenvalue weighted by molar-refractivity contribution is 7.99. The molecule has 1 heterocycles. The molecule has 0 radical (unpaired) electrons. The van der Waals surface area contributed by atoms with Crippen molar-refractivity contribution in [2.75, 3.05) is 5.75 Å². The van der Waals surface area contributed by atoms with Gasteiger partial charge in [-0.1, -0.05) is 42.1 Å². The number of nitriles is 1. The maximum atomic E-state index is 13.4. The standard InChI is InChI=1S/C24H23FN4OS/c25-20-10-8-19(9-11-20)21-14-27-23(29(21)15-18-6-2-1-3-7-18)31-16-22(30)28-24(17-26)12-4-5-13-24/h1-3,6-11,14H,4-5,12-13,15-16H2,(H,28,30). The smallest absolute Gasteiger partial charge is 0.231 e. The fraction of sp³-hybridized carbons (Fsp3) is 0.292. The molecule has 0 saturated heterocycles. The quantitative estimate of drug-likeness (QED) is 0.543. The number of amides is 1. The predicted octanol–water partition coefficient (Wildman–Crippen LogP) is 4.78. The Morgan fingerprint density at radius 3 is 2.55 bits per heavy atom. The van der Waals surface area contributed by atoms with E-state index < -0.39 is 5.54 Å². The van der Waals surface area contributed by atoms with Gasteiger partial charge in [0.05, 0.1) is 30.3 Å². The van der Waals surface area contributed by atoms with E-state index in [0.29, 0.717) is 24.5 Å². The number of nitrogens with zero attached hydrogens (tertiary/aromatic N) is 3. The number of carbonyl (C=O) groups excluding carboxylic acids is 1. The van der Waals surface area contributed by atoms with E-state index in [1.54, 1.807) is 18.3 Å². The average Bonchev–Trinajstić information content (AvgIpc) is 3.41. The van der Waals surface area contributed by atoms with Gasteiger partial charge in [-0.05, 0) is 61.1 Å². The van der Waals surface area contributed by atoms with Gasteiger partial charge >= 0.3 is 0 Å². The van der Waals surface area contributed by atoms with Gasteiger partial charge in [0, 0.05) is 0 Å². The second-order valence-electron chi connectivity index (χ2n) is 7.74. The van der Waals surface area contributed by atoms with E-state index in [0.717, 1.165) is 29.7 Å². The molecule has 31 heavy (non-hydrogen) atoms. The molecule has 0 atom stereocenters. The summed E-state index contributed by atoms with van der Waals surface area (Å²) in [6.45, 7) is 0.583. The molecule has 0 spiro atoms. The third kappa shape index (κ3) is 4.97. The van der Waals surface area contributed by atoms with Gasteiger partial charge in [-0.15, -0.1) is 0 Å². The van der Waals surface area contributed by atoms with Gasteiger partial charge < -0.3 is 9.88 Å².